The second kappa shape index (κ2) is 5.91. The molecule has 0 aliphatic heterocycles. The monoisotopic (exact) mass is 261 g/mol. The number of hydrogen-bond acceptors (Lipinski definition) is 3. The molecule has 1 aliphatic carbocycles. The van der Waals surface area contributed by atoms with Crippen LogP contribution in [0.5, 0.6) is 0 Å². The summed E-state index contributed by atoms with van der Waals surface area (Å²) < 4.78 is 0. The SMILES string of the molecule is CCCN(CC(C)(C)CN)c1ccc2c(n1)CCC2. The predicted octanol–water partition coefficient (Wildman–Crippen LogP) is 2.77. The minimum atomic E-state index is 0.135. The molecule has 0 unspecified atom stereocenters. The molecule has 1 aromatic heterocycles. The molecule has 0 saturated carbocycles. The molecule has 19 heavy (non-hydrogen) atoms. The topological polar surface area (TPSA) is 42.1 Å². The van der Waals surface area contributed by atoms with Crippen LogP contribution >= 0.6 is 0 Å². The molecule has 1 heterocycles. The Morgan fingerprint density at radius 1 is 1.32 bits per heavy atom. The van der Waals surface area contributed by atoms with Crippen LogP contribution in [0.4, 0.5) is 5.82 Å². The van der Waals surface area contributed by atoms with E-state index in [9.17, 15) is 0 Å². The fourth-order valence-electron chi connectivity index (χ4n) is 2.71. The molecule has 1 aliphatic rings. The molecule has 3 heteroatoms. The minimum Gasteiger partial charge on any atom is -0.356 e. The maximum Gasteiger partial charge on any atom is 0.128 e. The van der Waals surface area contributed by atoms with Crippen LogP contribution in [0.3, 0.4) is 0 Å². The van der Waals surface area contributed by atoms with Gasteiger partial charge in [-0.2, -0.15) is 0 Å². The number of hydrogen-bond donors (Lipinski definition) is 1. The van der Waals surface area contributed by atoms with E-state index < -0.39 is 0 Å². The van der Waals surface area contributed by atoms with Crippen LogP contribution in [0, 0.1) is 5.41 Å². The van der Waals surface area contributed by atoms with E-state index in [2.05, 4.69) is 37.8 Å². The fourth-order valence-corrected chi connectivity index (χ4v) is 2.71. The first-order valence-corrected chi connectivity index (χ1v) is 7.49. The average molecular weight is 261 g/mol. The van der Waals surface area contributed by atoms with Crippen molar-refractivity contribution in [1.82, 2.24) is 4.98 Å². The fraction of sp³-hybridized carbons (Fsp3) is 0.688. The summed E-state index contributed by atoms with van der Waals surface area (Å²) in [7, 11) is 0. The average Bonchev–Trinajstić information content (AvgIpc) is 2.85. The highest BCUT2D eigenvalue weighted by atomic mass is 15.2. The second-order valence-corrected chi connectivity index (χ2v) is 6.42. The number of anilines is 1. The van der Waals surface area contributed by atoms with Gasteiger partial charge in [0.05, 0.1) is 0 Å². The number of aryl methyl sites for hydroxylation is 2. The summed E-state index contributed by atoms with van der Waals surface area (Å²) in [5.74, 6) is 1.13. The van der Waals surface area contributed by atoms with Gasteiger partial charge >= 0.3 is 0 Å². The van der Waals surface area contributed by atoms with E-state index in [-0.39, 0.29) is 5.41 Å². The molecule has 2 rings (SSSR count). The molecular weight excluding hydrogens is 234 g/mol. The molecule has 0 fully saturated rings. The molecule has 2 N–H and O–H groups in total. The van der Waals surface area contributed by atoms with Crippen LogP contribution < -0.4 is 10.6 Å². The Morgan fingerprint density at radius 3 is 2.79 bits per heavy atom. The lowest BCUT2D eigenvalue weighted by atomic mass is 9.93. The highest BCUT2D eigenvalue weighted by Gasteiger charge is 2.22. The standard InChI is InChI=1S/C16H27N3/c1-4-10-19(12-16(2,3)11-17)15-9-8-13-6-5-7-14(13)18-15/h8-9H,4-7,10-12,17H2,1-3H3. The summed E-state index contributed by atoms with van der Waals surface area (Å²) in [6.07, 6.45) is 4.74. The summed E-state index contributed by atoms with van der Waals surface area (Å²) in [6, 6.07) is 4.45. The van der Waals surface area contributed by atoms with E-state index in [1.165, 1.54) is 24.1 Å². The smallest absolute Gasteiger partial charge is 0.128 e. The Morgan fingerprint density at radius 2 is 2.11 bits per heavy atom. The Balaban J connectivity index is 2.19. The molecular formula is C16H27N3. The van der Waals surface area contributed by atoms with Gasteiger partial charge in [-0.3, -0.25) is 0 Å². The first kappa shape index (κ1) is 14.3. The van der Waals surface area contributed by atoms with Gasteiger partial charge in [0.25, 0.3) is 0 Å². The van der Waals surface area contributed by atoms with Crippen molar-refractivity contribution in [1.29, 1.82) is 0 Å². The zero-order chi connectivity index (χ0) is 13.9. The third-order valence-electron chi connectivity index (χ3n) is 3.90. The molecule has 0 bridgehead atoms. The van der Waals surface area contributed by atoms with Crippen molar-refractivity contribution in [3.05, 3.63) is 23.4 Å². The van der Waals surface area contributed by atoms with Gasteiger partial charge in [-0.05, 0) is 49.3 Å². The molecule has 106 valence electrons. The van der Waals surface area contributed by atoms with Crippen molar-refractivity contribution >= 4 is 5.82 Å². The molecule has 3 nitrogen and oxygen atoms in total. The highest BCUT2D eigenvalue weighted by Crippen LogP contribution is 2.25. The van der Waals surface area contributed by atoms with Crippen molar-refractivity contribution in [2.45, 2.75) is 46.5 Å². The van der Waals surface area contributed by atoms with Crippen molar-refractivity contribution < 1.29 is 0 Å². The van der Waals surface area contributed by atoms with Gasteiger partial charge in [0.2, 0.25) is 0 Å². The minimum absolute atomic E-state index is 0.135. The van der Waals surface area contributed by atoms with Gasteiger partial charge in [0.1, 0.15) is 5.82 Å². The van der Waals surface area contributed by atoms with Gasteiger partial charge < -0.3 is 10.6 Å². The Labute approximate surface area is 117 Å². The third-order valence-corrected chi connectivity index (χ3v) is 3.90. The molecule has 0 atom stereocenters. The molecule has 0 amide bonds. The zero-order valence-corrected chi connectivity index (χ0v) is 12.6. The summed E-state index contributed by atoms with van der Waals surface area (Å²) >= 11 is 0. The lowest BCUT2D eigenvalue weighted by Gasteiger charge is -2.32. The van der Waals surface area contributed by atoms with Crippen LogP contribution in [-0.4, -0.2) is 24.6 Å². The first-order chi connectivity index (χ1) is 9.05. The number of aromatic nitrogens is 1. The summed E-state index contributed by atoms with van der Waals surface area (Å²) in [5, 5.41) is 0. The summed E-state index contributed by atoms with van der Waals surface area (Å²) in [4.78, 5) is 7.27. The number of nitrogens with zero attached hydrogens (tertiary/aromatic N) is 2. The Kier molecular flexibility index (Phi) is 4.46. The summed E-state index contributed by atoms with van der Waals surface area (Å²) in [5.41, 5.74) is 8.76. The zero-order valence-electron chi connectivity index (χ0n) is 12.6. The highest BCUT2D eigenvalue weighted by molar-refractivity contribution is 5.43. The quantitative estimate of drug-likeness (QED) is 0.856. The maximum absolute atomic E-state index is 5.87. The normalized spacial score (nSPS) is 14.5. The molecule has 0 radical (unpaired) electrons. The first-order valence-electron chi connectivity index (χ1n) is 7.49. The molecule has 1 aromatic rings. The Hall–Kier alpha value is -1.09. The summed E-state index contributed by atoms with van der Waals surface area (Å²) in [6.45, 7) is 9.40. The van der Waals surface area contributed by atoms with Gasteiger partial charge in [0, 0.05) is 18.8 Å². The number of nitrogens with two attached hydrogens (primary N) is 1. The lowest BCUT2D eigenvalue weighted by Crippen LogP contribution is -2.39. The second-order valence-electron chi connectivity index (χ2n) is 6.42. The van der Waals surface area contributed by atoms with Gasteiger partial charge in [0.15, 0.2) is 0 Å². The maximum atomic E-state index is 5.87. The van der Waals surface area contributed by atoms with Crippen molar-refractivity contribution in [3.8, 4) is 0 Å². The van der Waals surface area contributed by atoms with E-state index in [0.717, 1.165) is 31.7 Å². The number of rotatable bonds is 6. The van der Waals surface area contributed by atoms with E-state index in [0.29, 0.717) is 6.54 Å². The van der Waals surface area contributed by atoms with Crippen molar-refractivity contribution in [3.63, 3.8) is 0 Å². The van der Waals surface area contributed by atoms with Gasteiger partial charge in [-0.25, -0.2) is 4.98 Å². The predicted molar refractivity (Wildman–Crippen MR) is 81.6 cm³/mol. The van der Waals surface area contributed by atoms with E-state index >= 15 is 0 Å². The van der Waals surface area contributed by atoms with Gasteiger partial charge in [-0.15, -0.1) is 0 Å². The van der Waals surface area contributed by atoms with E-state index in [4.69, 9.17) is 10.7 Å². The molecule has 0 spiro atoms. The molecule has 0 aromatic carbocycles. The third kappa shape index (κ3) is 3.47. The van der Waals surface area contributed by atoms with Crippen LogP contribution in [0.2, 0.25) is 0 Å². The Bertz CT molecular complexity index is 426. The van der Waals surface area contributed by atoms with Crippen molar-refractivity contribution in [2.24, 2.45) is 11.1 Å². The van der Waals surface area contributed by atoms with E-state index in [1.807, 2.05) is 0 Å². The van der Waals surface area contributed by atoms with Crippen LogP contribution in [-0.2, 0) is 12.8 Å². The van der Waals surface area contributed by atoms with Crippen LogP contribution in [0.25, 0.3) is 0 Å². The lowest BCUT2D eigenvalue weighted by molar-refractivity contribution is 0.376. The largest absolute Gasteiger partial charge is 0.356 e. The van der Waals surface area contributed by atoms with E-state index in [1.54, 1.807) is 0 Å². The number of fused-ring (bicyclic) bond motifs is 1. The van der Waals surface area contributed by atoms with Crippen molar-refractivity contribution in [2.75, 3.05) is 24.5 Å². The van der Waals surface area contributed by atoms with Crippen LogP contribution in [0.1, 0.15) is 44.9 Å². The number of pyridine rings is 1. The van der Waals surface area contributed by atoms with Crippen LogP contribution in [0.15, 0.2) is 12.1 Å². The van der Waals surface area contributed by atoms with Gasteiger partial charge in [-0.1, -0.05) is 26.8 Å². The molecule has 0 saturated heterocycles.